The van der Waals surface area contributed by atoms with Crippen LogP contribution < -0.4 is 7.94 Å². The van der Waals surface area contributed by atoms with Gasteiger partial charge in [0.25, 0.3) is 0 Å². The second-order valence-corrected chi connectivity index (χ2v) is 6.71. The van der Waals surface area contributed by atoms with Gasteiger partial charge in [0, 0.05) is 24.3 Å². The fraction of sp³-hybridized carbons (Fsp3) is 0. The van der Waals surface area contributed by atoms with E-state index in [4.69, 9.17) is 0 Å². The highest BCUT2D eigenvalue weighted by Gasteiger charge is 2.14. The first-order valence-corrected chi connectivity index (χ1v) is 8.94. The molecule has 0 aliphatic carbocycles. The lowest BCUT2D eigenvalue weighted by molar-refractivity contribution is -0.598. The molecule has 2 aromatic carbocycles. The Morgan fingerprint density at radius 2 is 0.720 bits per heavy atom. The summed E-state index contributed by atoms with van der Waals surface area (Å²) in [6.45, 7) is 0. The minimum Gasteiger partial charge on any atom is -0.0724 e. The van der Waals surface area contributed by atoms with Crippen LogP contribution in [0.4, 0.5) is 0 Å². The second kappa shape index (κ2) is 7.32. The zero-order valence-corrected chi connectivity index (χ0v) is 14.5. The van der Waals surface area contributed by atoms with Crippen molar-refractivity contribution in [3.05, 3.63) is 110 Å². The molecule has 0 N–H and O–H groups in total. The Kier molecular flexibility index (Phi) is 4.57. The van der Waals surface area contributed by atoms with Gasteiger partial charge in [-0.1, -0.05) is 68.6 Å². The molecule has 0 bridgehead atoms. The topological polar surface area (TPSA) is 7.76 Å². The third-order valence-corrected chi connectivity index (χ3v) is 4.87. The fourth-order valence-corrected chi connectivity index (χ4v) is 3.37. The summed E-state index contributed by atoms with van der Waals surface area (Å²) in [6, 6.07) is 29.4. The van der Waals surface area contributed by atoms with Crippen molar-refractivity contribution in [1.29, 1.82) is 0 Å². The maximum Gasteiger partial charge on any atom is 0.511 e. The normalized spacial score (nSPS) is 10.6. The Balaban J connectivity index is 1.49. The predicted molar refractivity (Wildman–Crippen MR) is 103 cm³/mol. The van der Waals surface area contributed by atoms with Gasteiger partial charge in [-0.15, -0.1) is 0 Å². The van der Waals surface area contributed by atoms with Gasteiger partial charge in [0.05, 0.1) is 0 Å². The van der Waals surface area contributed by atoms with Crippen LogP contribution in [0.1, 0.15) is 0 Å². The van der Waals surface area contributed by atoms with Crippen molar-refractivity contribution >= 4 is 12.1 Å². The van der Waals surface area contributed by atoms with Gasteiger partial charge >= 0.3 is 12.1 Å². The number of pyridine rings is 2. The molecule has 0 unspecified atom stereocenters. The predicted octanol–water partition coefficient (Wildman–Crippen LogP) is 4.56. The van der Waals surface area contributed by atoms with E-state index in [1.54, 1.807) is 12.1 Å². The molecule has 0 saturated carbocycles. The van der Waals surface area contributed by atoms with Crippen LogP contribution in [0.2, 0.25) is 0 Å². The van der Waals surface area contributed by atoms with Crippen LogP contribution >= 0.6 is 12.1 Å². The number of rotatable bonds is 4. The van der Waals surface area contributed by atoms with Crippen LogP contribution in [0.15, 0.2) is 110 Å². The van der Waals surface area contributed by atoms with E-state index in [0.29, 0.717) is 0 Å². The molecular formula is C22H18N2S+2. The quantitative estimate of drug-likeness (QED) is 0.494. The van der Waals surface area contributed by atoms with Crippen molar-refractivity contribution in [1.82, 2.24) is 0 Å². The van der Waals surface area contributed by atoms with E-state index in [-0.39, 0.29) is 0 Å². The van der Waals surface area contributed by atoms with E-state index in [0.717, 1.165) is 0 Å². The molecule has 0 amide bonds. The molecule has 0 aliphatic heterocycles. The van der Waals surface area contributed by atoms with Gasteiger partial charge in [-0.3, -0.25) is 0 Å². The van der Waals surface area contributed by atoms with Crippen LogP contribution in [0.25, 0.3) is 22.3 Å². The first-order valence-electron chi connectivity index (χ1n) is 8.21. The lowest BCUT2D eigenvalue weighted by atomic mass is 10.1. The van der Waals surface area contributed by atoms with E-state index in [1.807, 2.05) is 12.1 Å². The molecule has 0 fully saturated rings. The Labute approximate surface area is 152 Å². The Bertz CT molecular complexity index is 854. The Morgan fingerprint density at radius 1 is 0.400 bits per heavy atom. The van der Waals surface area contributed by atoms with E-state index in [2.05, 4.69) is 106 Å². The minimum atomic E-state index is 1.22. The number of nitrogens with zero attached hydrogens (tertiary/aromatic N) is 2. The van der Waals surface area contributed by atoms with Gasteiger partial charge in [-0.2, -0.15) is 0 Å². The van der Waals surface area contributed by atoms with E-state index in [1.165, 1.54) is 22.3 Å². The van der Waals surface area contributed by atoms with Crippen molar-refractivity contribution in [2.24, 2.45) is 0 Å². The van der Waals surface area contributed by atoms with Gasteiger partial charge in [-0.25, -0.2) is 0 Å². The molecule has 2 heterocycles. The summed E-state index contributed by atoms with van der Waals surface area (Å²) in [5, 5.41) is 0. The third kappa shape index (κ3) is 3.78. The Morgan fingerprint density at radius 3 is 1.08 bits per heavy atom. The molecule has 0 radical (unpaired) electrons. The number of benzene rings is 2. The van der Waals surface area contributed by atoms with Gasteiger partial charge in [0.1, 0.15) is 0 Å². The third-order valence-electron chi connectivity index (χ3n) is 4.01. The summed E-state index contributed by atoms with van der Waals surface area (Å²) in [7, 11) is 0. The minimum absolute atomic E-state index is 1.22. The second-order valence-electron chi connectivity index (χ2n) is 5.71. The lowest BCUT2D eigenvalue weighted by Gasteiger charge is -1.99. The highest BCUT2D eigenvalue weighted by molar-refractivity contribution is 7.86. The van der Waals surface area contributed by atoms with Crippen molar-refractivity contribution in [3.8, 4) is 22.3 Å². The van der Waals surface area contributed by atoms with Gasteiger partial charge < -0.3 is 0 Å². The average Bonchev–Trinajstić information content (AvgIpc) is 2.71. The molecule has 3 heteroatoms. The standard InChI is InChI=1S/C22H18N2S/c1-3-7-19(8-4-1)21-11-15-23(16-12-21)25-24-17-13-22(14-18-24)20-9-5-2-6-10-20/h1-18H/q+2. The smallest absolute Gasteiger partial charge is 0.0724 e. The molecule has 25 heavy (non-hydrogen) atoms. The van der Waals surface area contributed by atoms with Crippen molar-refractivity contribution < 1.29 is 7.94 Å². The molecule has 120 valence electrons. The molecule has 4 rings (SSSR count). The van der Waals surface area contributed by atoms with Gasteiger partial charge in [-0.05, 0) is 22.3 Å². The molecule has 0 spiro atoms. The zero-order valence-electron chi connectivity index (χ0n) is 13.7. The summed E-state index contributed by atoms with van der Waals surface area (Å²) < 4.78 is 4.18. The summed E-state index contributed by atoms with van der Waals surface area (Å²) in [6.07, 6.45) is 8.35. The number of hydrogen-bond acceptors (Lipinski definition) is 1. The Hall–Kier alpha value is -2.91. The summed E-state index contributed by atoms with van der Waals surface area (Å²) in [5.74, 6) is 0. The van der Waals surface area contributed by atoms with Crippen LogP contribution in [0, 0.1) is 0 Å². The van der Waals surface area contributed by atoms with Crippen molar-refractivity contribution in [3.63, 3.8) is 0 Å². The highest BCUT2D eigenvalue weighted by atomic mass is 32.2. The summed E-state index contributed by atoms with van der Waals surface area (Å²) in [5.41, 5.74) is 4.92. The van der Waals surface area contributed by atoms with Crippen LogP contribution in [0.3, 0.4) is 0 Å². The molecule has 0 atom stereocenters. The van der Waals surface area contributed by atoms with Gasteiger partial charge in [0.2, 0.25) is 0 Å². The van der Waals surface area contributed by atoms with E-state index >= 15 is 0 Å². The molecule has 2 nitrogen and oxygen atoms in total. The highest BCUT2D eigenvalue weighted by Crippen LogP contribution is 2.18. The number of aromatic nitrogens is 2. The first-order chi connectivity index (χ1) is 12.4. The van der Waals surface area contributed by atoms with Crippen molar-refractivity contribution in [2.75, 3.05) is 0 Å². The van der Waals surface area contributed by atoms with Gasteiger partial charge in [0.15, 0.2) is 24.8 Å². The molecule has 0 aliphatic rings. The number of hydrogen-bond donors (Lipinski definition) is 0. The van der Waals surface area contributed by atoms with Crippen LogP contribution in [0.5, 0.6) is 0 Å². The van der Waals surface area contributed by atoms with E-state index in [9.17, 15) is 0 Å². The van der Waals surface area contributed by atoms with Crippen LogP contribution in [-0.2, 0) is 0 Å². The SMILES string of the molecule is c1ccc(-c2cc[n+](S[n+]3ccc(-c4ccccc4)cc3)cc2)cc1. The van der Waals surface area contributed by atoms with E-state index < -0.39 is 0 Å². The first kappa shape index (κ1) is 15.6. The van der Waals surface area contributed by atoms with Crippen molar-refractivity contribution in [2.45, 2.75) is 0 Å². The average molecular weight is 342 g/mol. The summed E-state index contributed by atoms with van der Waals surface area (Å²) in [4.78, 5) is 0. The van der Waals surface area contributed by atoms with Crippen LogP contribution in [-0.4, -0.2) is 0 Å². The maximum absolute atomic E-state index is 2.14. The molecule has 0 saturated heterocycles. The molecule has 2 aromatic heterocycles. The maximum atomic E-state index is 2.14. The monoisotopic (exact) mass is 342 g/mol. The lowest BCUT2D eigenvalue weighted by Crippen LogP contribution is -2.38. The zero-order chi connectivity index (χ0) is 16.9. The molecule has 4 aromatic rings. The molecular weight excluding hydrogens is 324 g/mol. The summed E-state index contributed by atoms with van der Waals surface area (Å²) >= 11 is 1.63. The fourth-order valence-electron chi connectivity index (χ4n) is 2.69. The largest absolute Gasteiger partial charge is 0.511 e.